The Balaban J connectivity index is 1.90. The lowest BCUT2D eigenvalue weighted by Crippen LogP contribution is -2.05. The second kappa shape index (κ2) is 7.51. The number of pyridine rings is 1. The predicted octanol–water partition coefficient (Wildman–Crippen LogP) is 4.52. The molecule has 0 bridgehead atoms. The van der Waals surface area contributed by atoms with Crippen LogP contribution in [0.4, 0.5) is 0 Å². The van der Waals surface area contributed by atoms with Gasteiger partial charge in [0.05, 0.1) is 18.6 Å². The molecule has 0 saturated carbocycles. The molecule has 0 aliphatic heterocycles. The number of benzene rings is 1. The molecule has 0 fully saturated rings. The van der Waals surface area contributed by atoms with Gasteiger partial charge in [-0.25, -0.2) is 18.5 Å². The molecule has 0 radical (unpaired) electrons. The van der Waals surface area contributed by atoms with Gasteiger partial charge in [-0.05, 0) is 35.9 Å². The van der Waals surface area contributed by atoms with Gasteiger partial charge in [-0.3, -0.25) is 0 Å². The zero-order chi connectivity index (χ0) is 17.9. The van der Waals surface area contributed by atoms with Gasteiger partial charge in [0.1, 0.15) is 20.6 Å². The number of nitrogens with zero attached hydrogens (tertiary/aromatic N) is 3. The van der Waals surface area contributed by atoms with Gasteiger partial charge in [-0.2, -0.15) is 0 Å². The summed E-state index contributed by atoms with van der Waals surface area (Å²) >= 11 is 7.15. The maximum atomic E-state index is 13.3. The standard InChI is InChI=1S/C17H16ClN3O2S2/c1-19-25(22,11-12-3-8-16(18)20-9-12)17-21-15(10-24-17)13-4-6-14(23-2)7-5-13/h3-10H,11H2,1-2H3. The van der Waals surface area contributed by atoms with Crippen LogP contribution in [0.5, 0.6) is 5.75 Å². The lowest BCUT2D eigenvalue weighted by atomic mass is 10.2. The van der Waals surface area contributed by atoms with E-state index in [-0.39, 0.29) is 5.75 Å². The summed E-state index contributed by atoms with van der Waals surface area (Å²) < 4.78 is 23.1. The first kappa shape index (κ1) is 17.8. The van der Waals surface area contributed by atoms with Crippen molar-refractivity contribution in [3.63, 3.8) is 0 Å². The van der Waals surface area contributed by atoms with Crippen LogP contribution >= 0.6 is 22.9 Å². The highest BCUT2D eigenvalue weighted by molar-refractivity contribution is 7.94. The maximum Gasteiger partial charge on any atom is 0.190 e. The second-order valence-electron chi connectivity index (χ2n) is 5.18. The summed E-state index contributed by atoms with van der Waals surface area (Å²) in [4.78, 5) is 8.58. The first-order valence-corrected chi connectivity index (χ1v) is 10.3. The van der Waals surface area contributed by atoms with E-state index >= 15 is 0 Å². The number of methoxy groups -OCH3 is 1. The monoisotopic (exact) mass is 393 g/mol. The summed E-state index contributed by atoms with van der Waals surface area (Å²) in [7, 11) is 0.533. The highest BCUT2D eigenvalue weighted by Crippen LogP contribution is 2.29. The molecule has 0 spiro atoms. The Morgan fingerprint density at radius 3 is 2.60 bits per heavy atom. The van der Waals surface area contributed by atoms with E-state index in [1.54, 1.807) is 32.5 Å². The van der Waals surface area contributed by atoms with Gasteiger partial charge in [0.2, 0.25) is 0 Å². The van der Waals surface area contributed by atoms with Crippen LogP contribution in [0.15, 0.2) is 56.7 Å². The number of halogens is 1. The van der Waals surface area contributed by atoms with Crippen LogP contribution in [-0.2, 0) is 15.5 Å². The minimum atomic E-state index is -2.65. The number of thiazole rings is 1. The predicted molar refractivity (Wildman–Crippen MR) is 102 cm³/mol. The van der Waals surface area contributed by atoms with E-state index in [0.717, 1.165) is 22.6 Å². The van der Waals surface area contributed by atoms with Crippen LogP contribution in [0, 0.1) is 0 Å². The normalized spacial score (nSPS) is 13.2. The van der Waals surface area contributed by atoms with Gasteiger partial charge in [-0.15, -0.1) is 11.3 Å². The van der Waals surface area contributed by atoms with Gasteiger partial charge in [0, 0.05) is 24.2 Å². The summed E-state index contributed by atoms with van der Waals surface area (Å²) in [6, 6.07) is 11.1. The molecule has 25 heavy (non-hydrogen) atoms. The smallest absolute Gasteiger partial charge is 0.190 e. The second-order valence-corrected chi connectivity index (χ2v) is 9.01. The Morgan fingerprint density at radius 1 is 1.24 bits per heavy atom. The van der Waals surface area contributed by atoms with Crippen molar-refractivity contribution in [1.82, 2.24) is 9.97 Å². The van der Waals surface area contributed by atoms with Crippen molar-refractivity contribution < 1.29 is 8.95 Å². The molecule has 2 heterocycles. The zero-order valence-corrected chi connectivity index (χ0v) is 16.1. The van der Waals surface area contributed by atoms with Crippen molar-refractivity contribution in [2.45, 2.75) is 10.1 Å². The number of aromatic nitrogens is 2. The molecular weight excluding hydrogens is 378 g/mol. The zero-order valence-electron chi connectivity index (χ0n) is 13.7. The Labute approximate surface area is 155 Å². The number of ether oxygens (including phenoxy) is 1. The van der Waals surface area contributed by atoms with Crippen LogP contribution < -0.4 is 4.74 Å². The highest BCUT2D eigenvalue weighted by Gasteiger charge is 2.18. The molecule has 1 aromatic carbocycles. The summed E-state index contributed by atoms with van der Waals surface area (Å²) in [5.41, 5.74) is 2.52. The molecular formula is C17H16ClN3O2S2. The van der Waals surface area contributed by atoms with Crippen LogP contribution in [0.3, 0.4) is 0 Å². The average molecular weight is 394 g/mol. The maximum absolute atomic E-state index is 13.3. The van der Waals surface area contributed by atoms with Crippen molar-refractivity contribution >= 4 is 32.7 Å². The van der Waals surface area contributed by atoms with Crippen molar-refractivity contribution in [3.8, 4) is 17.0 Å². The Hall–Kier alpha value is -1.96. The molecule has 3 aromatic rings. The van der Waals surface area contributed by atoms with Gasteiger partial charge < -0.3 is 4.74 Å². The van der Waals surface area contributed by atoms with Crippen LogP contribution in [0.2, 0.25) is 5.15 Å². The molecule has 0 N–H and O–H groups in total. The Morgan fingerprint density at radius 2 is 2.00 bits per heavy atom. The SMILES string of the molecule is CN=S(=O)(Cc1ccc(Cl)nc1)c1nc(-c2ccc(OC)cc2)cs1. The molecule has 0 saturated heterocycles. The highest BCUT2D eigenvalue weighted by atomic mass is 35.5. The van der Waals surface area contributed by atoms with Crippen molar-refractivity contribution in [2.75, 3.05) is 14.2 Å². The molecule has 2 aromatic heterocycles. The van der Waals surface area contributed by atoms with E-state index in [1.165, 1.54) is 11.3 Å². The molecule has 0 aliphatic rings. The quantitative estimate of drug-likeness (QED) is 0.597. The fourth-order valence-electron chi connectivity index (χ4n) is 2.22. The molecule has 8 heteroatoms. The van der Waals surface area contributed by atoms with Crippen molar-refractivity contribution in [3.05, 3.63) is 58.7 Å². The summed E-state index contributed by atoms with van der Waals surface area (Å²) in [5.74, 6) is 1.03. The molecule has 130 valence electrons. The van der Waals surface area contributed by atoms with E-state index in [0.29, 0.717) is 9.49 Å². The molecule has 3 rings (SSSR count). The Kier molecular flexibility index (Phi) is 5.36. The van der Waals surface area contributed by atoms with Gasteiger partial charge in [0.15, 0.2) is 4.34 Å². The van der Waals surface area contributed by atoms with Crippen molar-refractivity contribution in [1.29, 1.82) is 0 Å². The molecule has 1 atom stereocenters. The van der Waals surface area contributed by atoms with E-state index in [1.807, 2.05) is 29.6 Å². The van der Waals surface area contributed by atoms with Crippen LogP contribution in [-0.4, -0.2) is 28.3 Å². The fraction of sp³-hybridized carbons (Fsp3) is 0.176. The van der Waals surface area contributed by atoms with Gasteiger partial charge in [0.25, 0.3) is 0 Å². The van der Waals surface area contributed by atoms with E-state index in [9.17, 15) is 4.21 Å². The summed E-state index contributed by atoms with van der Waals surface area (Å²) in [5, 5.41) is 2.29. The Bertz CT molecular complexity index is 976. The molecule has 5 nitrogen and oxygen atoms in total. The molecule has 0 aliphatic carbocycles. The summed E-state index contributed by atoms with van der Waals surface area (Å²) in [6.45, 7) is 0. The molecule has 0 amide bonds. The van der Waals surface area contributed by atoms with Crippen LogP contribution in [0.1, 0.15) is 5.56 Å². The third-order valence-corrected chi connectivity index (χ3v) is 7.47. The minimum absolute atomic E-state index is 0.253. The van der Waals surface area contributed by atoms with Gasteiger partial charge >= 0.3 is 0 Å². The van der Waals surface area contributed by atoms with E-state index in [2.05, 4.69) is 14.3 Å². The molecule has 1 unspecified atom stereocenters. The number of hydrogen-bond acceptors (Lipinski definition) is 6. The minimum Gasteiger partial charge on any atom is -0.497 e. The lowest BCUT2D eigenvalue weighted by molar-refractivity contribution is 0.415. The topological polar surface area (TPSA) is 64.4 Å². The number of hydrogen-bond donors (Lipinski definition) is 0. The first-order chi connectivity index (χ1) is 12.0. The van der Waals surface area contributed by atoms with Crippen molar-refractivity contribution in [2.24, 2.45) is 4.36 Å². The van der Waals surface area contributed by atoms with Crippen LogP contribution in [0.25, 0.3) is 11.3 Å². The average Bonchev–Trinajstić information content (AvgIpc) is 3.14. The van der Waals surface area contributed by atoms with E-state index in [4.69, 9.17) is 16.3 Å². The first-order valence-electron chi connectivity index (χ1n) is 7.37. The van der Waals surface area contributed by atoms with Gasteiger partial charge in [-0.1, -0.05) is 17.7 Å². The number of rotatable bonds is 5. The largest absolute Gasteiger partial charge is 0.497 e. The van der Waals surface area contributed by atoms with E-state index < -0.39 is 9.73 Å². The third-order valence-electron chi connectivity index (χ3n) is 3.59. The third kappa shape index (κ3) is 4.00. The summed E-state index contributed by atoms with van der Waals surface area (Å²) in [6.07, 6.45) is 1.62. The lowest BCUT2D eigenvalue weighted by Gasteiger charge is -2.06. The fourth-order valence-corrected chi connectivity index (χ4v) is 5.30.